The van der Waals surface area contributed by atoms with Gasteiger partial charge in [-0.3, -0.25) is 5.73 Å². The highest BCUT2D eigenvalue weighted by Gasteiger charge is 2.46. The average molecular weight is 150 g/mol. The Morgan fingerprint density at radius 2 is 1.18 bits per heavy atom. The average Bonchev–Trinajstić information content (AvgIpc) is 1.98. The van der Waals surface area contributed by atoms with Gasteiger partial charge in [0.25, 0.3) is 0 Å². The minimum absolute atomic E-state index is 0.336. The summed E-state index contributed by atoms with van der Waals surface area (Å²) in [6, 6.07) is 0.336. The highest BCUT2D eigenvalue weighted by Crippen LogP contribution is 2.53. The van der Waals surface area contributed by atoms with E-state index in [1.54, 1.807) is 0 Å². The largest absolute Gasteiger partial charge is 0.254 e. The molecule has 1 heteroatoms. The van der Waals surface area contributed by atoms with Gasteiger partial charge in [0.1, 0.15) is 0 Å². The van der Waals surface area contributed by atoms with Gasteiger partial charge in [0.05, 0.1) is 0 Å². The molecule has 0 aromatic carbocycles. The van der Waals surface area contributed by atoms with Gasteiger partial charge in [-0.1, -0.05) is 0 Å². The molecule has 0 atom stereocenters. The van der Waals surface area contributed by atoms with E-state index in [4.69, 9.17) is 5.73 Å². The smallest absolute Gasteiger partial charge is 0.0269 e. The van der Waals surface area contributed by atoms with Gasteiger partial charge in [-0.05, 0) is 55.8 Å². The molecule has 1 nitrogen and oxygen atoms in total. The SMILES string of the molecule is [NH]C1C2CC3CC(C2)CC1C3. The van der Waals surface area contributed by atoms with Crippen LogP contribution in [0.5, 0.6) is 0 Å². The first-order valence-electron chi connectivity index (χ1n) is 5.04. The van der Waals surface area contributed by atoms with E-state index >= 15 is 0 Å². The van der Waals surface area contributed by atoms with Crippen molar-refractivity contribution in [1.29, 1.82) is 0 Å². The molecule has 4 aliphatic rings. The number of rotatable bonds is 0. The van der Waals surface area contributed by atoms with Gasteiger partial charge in [0, 0.05) is 6.04 Å². The van der Waals surface area contributed by atoms with Crippen LogP contribution in [0.25, 0.3) is 0 Å². The fourth-order valence-electron chi connectivity index (χ4n) is 3.93. The first-order valence-corrected chi connectivity index (χ1v) is 5.04. The molecule has 4 saturated carbocycles. The molecule has 0 spiro atoms. The van der Waals surface area contributed by atoms with E-state index in [-0.39, 0.29) is 0 Å². The van der Waals surface area contributed by atoms with Crippen molar-refractivity contribution >= 4 is 0 Å². The van der Waals surface area contributed by atoms with Gasteiger partial charge >= 0.3 is 0 Å². The van der Waals surface area contributed by atoms with Crippen LogP contribution >= 0.6 is 0 Å². The Balaban J connectivity index is 1.91. The van der Waals surface area contributed by atoms with E-state index in [1.807, 2.05) is 0 Å². The minimum atomic E-state index is 0.336. The monoisotopic (exact) mass is 150 g/mol. The molecular weight excluding hydrogens is 134 g/mol. The van der Waals surface area contributed by atoms with Gasteiger partial charge in [-0.25, -0.2) is 0 Å². The standard InChI is InChI=1S/C10H16N/c11-10-8-2-6-1-7(4-8)5-9(10)3-6/h6-11H,1-5H2. The Labute approximate surface area is 68.3 Å². The Kier molecular flexibility index (Phi) is 1.18. The quantitative estimate of drug-likeness (QED) is 0.505. The van der Waals surface area contributed by atoms with Crippen LogP contribution in [0.3, 0.4) is 0 Å². The van der Waals surface area contributed by atoms with Crippen LogP contribution in [0.2, 0.25) is 0 Å². The molecule has 0 saturated heterocycles. The third-order valence-electron chi connectivity index (χ3n) is 4.23. The highest BCUT2D eigenvalue weighted by molar-refractivity contribution is 4.99. The molecule has 0 heterocycles. The van der Waals surface area contributed by atoms with Gasteiger partial charge in [-0.2, -0.15) is 0 Å². The maximum atomic E-state index is 8.00. The number of hydrogen-bond donors (Lipinski definition) is 0. The number of hydrogen-bond acceptors (Lipinski definition) is 0. The lowest BCUT2D eigenvalue weighted by Gasteiger charge is -2.52. The van der Waals surface area contributed by atoms with Crippen LogP contribution in [0, 0.1) is 23.7 Å². The molecule has 4 aliphatic carbocycles. The van der Waals surface area contributed by atoms with Crippen molar-refractivity contribution in [3.63, 3.8) is 0 Å². The third kappa shape index (κ3) is 0.807. The lowest BCUT2D eigenvalue weighted by Crippen LogP contribution is -2.48. The second-order valence-corrected chi connectivity index (χ2v) is 4.96. The minimum Gasteiger partial charge on any atom is -0.254 e. The number of nitrogens with one attached hydrogen (secondary N) is 1. The summed E-state index contributed by atoms with van der Waals surface area (Å²) in [5, 5.41) is 0. The van der Waals surface area contributed by atoms with Crippen LogP contribution in [0.1, 0.15) is 32.1 Å². The molecule has 0 aliphatic heterocycles. The zero-order valence-electron chi connectivity index (χ0n) is 6.92. The molecule has 4 bridgehead atoms. The summed E-state index contributed by atoms with van der Waals surface area (Å²) in [4.78, 5) is 0. The fourth-order valence-corrected chi connectivity index (χ4v) is 3.93. The first kappa shape index (κ1) is 6.47. The Morgan fingerprint density at radius 1 is 0.727 bits per heavy atom. The highest BCUT2D eigenvalue weighted by atomic mass is 14.7. The summed E-state index contributed by atoms with van der Waals surface area (Å²) in [6.07, 6.45) is 7.13. The molecule has 61 valence electrons. The van der Waals surface area contributed by atoms with Crippen LogP contribution in [-0.2, 0) is 0 Å². The molecule has 0 amide bonds. The van der Waals surface area contributed by atoms with Gasteiger partial charge in [-0.15, -0.1) is 0 Å². The Bertz CT molecular complexity index is 148. The van der Waals surface area contributed by atoms with E-state index in [2.05, 4.69) is 0 Å². The predicted molar refractivity (Wildman–Crippen MR) is 43.9 cm³/mol. The topological polar surface area (TPSA) is 23.8 Å². The molecule has 0 aromatic heterocycles. The third-order valence-corrected chi connectivity index (χ3v) is 4.23. The molecule has 0 unspecified atom stereocenters. The van der Waals surface area contributed by atoms with Crippen molar-refractivity contribution in [3.8, 4) is 0 Å². The van der Waals surface area contributed by atoms with Gasteiger partial charge in [0.2, 0.25) is 0 Å². The Morgan fingerprint density at radius 3 is 1.64 bits per heavy atom. The molecule has 4 fully saturated rings. The second-order valence-electron chi connectivity index (χ2n) is 4.96. The molecule has 4 rings (SSSR count). The van der Waals surface area contributed by atoms with Crippen molar-refractivity contribution in [2.75, 3.05) is 0 Å². The van der Waals surface area contributed by atoms with Crippen LogP contribution in [-0.4, -0.2) is 6.04 Å². The summed E-state index contributed by atoms with van der Waals surface area (Å²) < 4.78 is 0. The van der Waals surface area contributed by atoms with Crippen LogP contribution in [0.4, 0.5) is 0 Å². The van der Waals surface area contributed by atoms with Crippen molar-refractivity contribution in [1.82, 2.24) is 5.73 Å². The molecule has 1 radical (unpaired) electrons. The van der Waals surface area contributed by atoms with E-state index in [0.717, 1.165) is 23.7 Å². The van der Waals surface area contributed by atoms with Crippen molar-refractivity contribution in [2.24, 2.45) is 23.7 Å². The predicted octanol–water partition coefficient (Wildman–Crippen LogP) is 2.09. The molecular formula is C10H16N. The van der Waals surface area contributed by atoms with Crippen LogP contribution < -0.4 is 5.73 Å². The molecule has 1 N–H and O–H groups in total. The van der Waals surface area contributed by atoms with Gasteiger partial charge < -0.3 is 0 Å². The van der Waals surface area contributed by atoms with Crippen LogP contribution in [0.15, 0.2) is 0 Å². The zero-order valence-corrected chi connectivity index (χ0v) is 6.92. The summed E-state index contributed by atoms with van der Waals surface area (Å²) in [5.41, 5.74) is 8.00. The van der Waals surface area contributed by atoms with E-state index in [0.29, 0.717) is 6.04 Å². The lowest BCUT2D eigenvalue weighted by atomic mass is 9.54. The Hall–Kier alpha value is -0.0400. The first-order chi connectivity index (χ1) is 5.33. The normalized spacial score (nSPS) is 60.3. The summed E-state index contributed by atoms with van der Waals surface area (Å²) in [7, 11) is 0. The van der Waals surface area contributed by atoms with E-state index < -0.39 is 0 Å². The van der Waals surface area contributed by atoms with Crippen molar-refractivity contribution < 1.29 is 0 Å². The second kappa shape index (κ2) is 2.01. The lowest BCUT2D eigenvalue weighted by molar-refractivity contribution is -0.00229. The summed E-state index contributed by atoms with van der Waals surface area (Å²) in [6.45, 7) is 0. The fraction of sp³-hybridized carbons (Fsp3) is 1.00. The van der Waals surface area contributed by atoms with Crippen molar-refractivity contribution in [3.05, 3.63) is 0 Å². The molecule has 0 aromatic rings. The van der Waals surface area contributed by atoms with E-state index in [9.17, 15) is 0 Å². The van der Waals surface area contributed by atoms with Gasteiger partial charge in [0.15, 0.2) is 0 Å². The van der Waals surface area contributed by atoms with Crippen molar-refractivity contribution in [2.45, 2.75) is 38.1 Å². The summed E-state index contributed by atoms with van der Waals surface area (Å²) in [5.74, 6) is 3.70. The summed E-state index contributed by atoms with van der Waals surface area (Å²) >= 11 is 0. The maximum Gasteiger partial charge on any atom is 0.0269 e. The molecule has 11 heavy (non-hydrogen) atoms. The maximum absolute atomic E-state index is 8.00. The zero-order chi connectivity index (χ0) is 7.42. The van der Waals surface area contributed by atoms with E-state index in [1.165, 1.54) is 32.1 Å².